The molecule has 1 aliphatic rings. The molecule has 0 atom stereocenters. The Morgan fingerprint density at radius 2 is 1.92 bits per heavy atom. The van der Waals surface area contributed by atoms with Crippen LogP contribution in [-0.2, 0) is 12.5 Å². The molecule has 1 aliphatic heterocycles. The zero-order valence-corrected chi connectivity index (χ0v) is 15.8. The minimum atomic E-state index is -0.00309. The molecule has 0 saturated carbocycles. The highest BCUT2D eigenvalue weighted by Gasteiger charge is 2.34. The van der Waals surface area contributed by atoms with Gasteiger partial charge in [-0.1, -0.05) is 20.8 Å². The molecule has 0 bridgehead atoms. The van der Waals surface area contributed by atoms with E-state index >= 15 is 0 Å². The number of rotatable bonds is 3. The fourth-order valence-electron chi connectivity index (χ4n) is 2.94. The Morgan fingerprint density at radius 3 is 2.40 bits per heavy atom. The topological polar surface area (TPSA) is 67.2 Å². The number of hydrogen-bond acceptors (Lipinski definition) is 5. The highest BCUT2D eigenvalue weighted by Crippen LogP contribution is 2.24. The van der Waals surface area contributed by atoms with Crippen LogP contribution in [0.15, 0.2) is 18.2 Å². The molecule has 134 valence electrons. The summed E-state index contributed by atoms with van der Waals surface area (Å²) in [4.78, 5) is 16.6. The van der Waals surface area contributed by atoms with Gasteiger partial charge in [0.1, 0.15) is 5.69 Å². The Bertz CT molecular complexity index is 768. The Kier molecular flexibility index (Phi) is 4.26. The van der Waals surface area contributed by atoms with Crippen molar-refractivity contribution >= 4 is 11.7 Å². The highest BCUT2D eigenvalue weighted by atomic mass is 16.2. The molecule has 25 heavy (non-hydrogen) atoms. The maximum absolute atomic E-state index is 12.6. The van der Waals surface area contributed by atoms with Crippen molar-refractivity contribution in [2.24, 2.45) is 7.05 Å². The van der Waals surface area contributed by atoms with Crippen molar-refractivity contribution in [3.63, 3.8) is 0 Å². The predicted octanol–water partition coefficient (Wildman–Crippen LogP) is 1.78. The molecule has 7 nitrogen and oxygen atoms in total. The number of hydrogen-bond donors (Lipinski definition) is 0. The first kappa shape index (κ1) is 17.4. The third kappa shape index (κ3) is 3.36. The third-order valence-electron chi connectivity index (χ3n) is 4.69. The summed E-state index contributed by atoms with van der Waals surface area (Å²) in [5.74, 6) is 0.864. The molecule has 0 radical (unpaired) electrons. The van der Waals surface area contributed by atoms with Gasteiger partial charge in [-0.15, -0.1) is 5.10 Å². The molecule has 0 aromatic carbocycles. The van der Waals surface area contributed by atoms with Gasteiger partial charge in [-0.3, -0.25) is 9.48 Å². The second-order valence-corrected chi connectivity index (χ2v) is 7.80. The predicted molar refractivity (Wildman–Crippen MR) is 96.8 cm³/mol. The van der Waals surface area contributed by atoms with Gasteiger partial charge in [0.05, 0.1) is 17.4 Å². The lowest BCUT2D eigenvalue weighted by molar-refractivity contribution is 0.0694. The normalized spacial score (nSPS) is 15.2. The summed E-state index contributed by atoms with van der Waals surface area (Å²) in [6, 6.07) is 6.04. The molecule has 1 saturated heterocycles. The Labute approximate surface area is 148 Å². The lowest BCUT2D eigenvalue weighted by Gasteiger charge is -2.44. The van der Waals surface area contributed by atoms with Crippen LogP contribution in [0.3, 0.4) is 0 Å². The van der Waals surface area contributed by atoms with E-state index in [9.17, 15) is 4.79 Å². The number of anilines is 1. The molecule has 3 heterocycles. The molecule has 0 unspecified atom stereocenters. The molecule has 1 fully saturated rings. The maximum atomic E-state index is 12.6. The van der Waals surface area contributed by atoms with Crippen molar-refractivity contribution in [2.75, 3.05) is 25.0 Å². The van der Waals surface area contributed by atoms with Crippen molar-refractivity contribution < 1.29 is 4.79 Å². The fraction of sp³-hybridized carbons (Fsp3) is 0.556. The average molecular weight is 342 g/mol. The zero-order chi connectivity index (χ0) is 18.4. The molecule has 0 N–H and O–H groups in total. The largest absolute Gasteiger partial charge is 0.351 e. The van der Waals surface area contributed by atoms with Crippen molar-refractivity contribution in [3.05, 3.63) is 35.3 Å². The van der Waals surface area contributed by atoms with Crippen molar-refractivity contribution in [1.82, 2.24) is 24.9 Å². The Balaban J connectivity index is 1.62. The summed E-state index contributed by atoms with van der Waals surface area (Å²) in [7, 11) is 3.65. The first-order valence-electron chi connectivity index (χ1n) is 8.54. The quantitative estimate of drug-likeness (QED) is 0.850. The van der Waals surface area contributed by atoms with Crippen LogP contribution in [0.25, 0.3) is 0 Å². The van der Waals surface area contributed by atoms with E-state index in [1.165, 1.54) is 0 Å². The van der Waals surface area contributed by atoms with Gasteiger partial charge in [-0.05, 0) is 25.1 Å². The number of nitrogens with zero attached hydrogens (tertiary/aromatic N) is 6. The number of carbonyl (C=O) groups excluding carboxylic acids is 1. The molecule has 0 aliphatic carbocycles. The molecule has 1 amide bonds. The van der Waals surface area contributed by atoms with E-state index < -0.39 is 0 Å². The highest BCUT2D eigenvalue weighted by molar-refractivity contribution is 5.93. The van der Waals surface area contributed by atoms with Gasteiger partial charge in [-0.2, -0.15) is 10.2 Å². The number of amides is 1. The number of aromatic nitrogens is 4. The van der Waals surface area contributed by atoms with Gasteiger partial charge in [0.25, 0.3) is 5.91 Å². The zero-order valence-electron chi connectivity index (χ0n) is 15.8. The molecular weight excluding hydrogens is 316 g/mol. The molecular formula is C18H26N6O. The Morgan fingerprint density at radius 1 is 1.24 bits per heavy atom. The summed E-state index contributed by atoms with van der Waals surface area (Å²) in [6.45, 7) is 9.79. The summed E-state index contributed by atoms with van der Waals surface area (Å²) in [5, 5.41) is 12.9. The number of aryl methyl sites for hydroxylation is 2. The van der Waals surface area contributed by atoms with Crippen LogP contribution in [0.1, 0.15) is 42.6 Å². The maximum Gasteiger partial charge on any atom is 0.272 e. The van der Waals surface area contributed by atoms with Gasteiger partial charge in [0.2, 0.25) is 0 Å². The van der Waals surface area contributed by atoms with Crippen LogP contribution < -0.4 is 4.90 Å². The first-order valence-corrected chi connectivity index (χ1v) is 8.54. The van der Waals surface area contributed by atoms with E-state index in [1.807, 2.05) is 32.2 Å². The van der Waals surface area contributed by atoms with E-state index in [4.69, 9.17) is 0 Å². The first-order chi connectivity index (χ1) is 11.7. The average Bonchev–Trinajstić information content (AvgIpc) is 2.83. The summed E-state index contributed by atoms with van der Waals surface area (Å²) in [6.07, 6.45) is 0. The minimum Gasteiger partial charge on any atom is -0.351 e. The van der Waals surface area contributed by atoms with E-state index in [0.29, 0.717) is 5.69 Å². The number of carbonyl (C=O) groups is 1. The van der Waals surface area contributed by atoms with Crippen LogP contribution in [0.2, 0.25) is 0 Å². The summed E-state index contributed by atoms with van der Waals surface area (Å²) >= 11 is 0. The lowest BCUT2D eigenvalue weighted by atomic mass is 9.92. The molecule has 0 spiro atoms. The van der Waals surface area contributed by atoms with Crippen molar-refractivity contribution in [3.8, 4) is 0 Å². The SMILES string of the molecule is Cc1cc(C(=O)N(C)C2CN(c3ccc(C(C)(C)C)nn3)C2)n(C)n1. The molecule has 3 rings (SSSR count). The van der Waals surface area contributed by atoms with Crippen LogP contribution in [0.4, 0.5) is 5.82 Å². The lowest BCUT2D eigenvalue weighted by Crippen LogP contribution is -2.60. The second kappa shape index (κ2) is 6.13. The smallest absolute Gasteiger partial charge is 0.272 e. The second-order valence-electron chi connectivity index (χ2n) is 7.80. The molecule has 7 heteroatoms. The summed E-state index contributed by atoms with van der Waals surface area (Å²) in [5.41, 5.74) is 2.44. The van der Waals surface area contributed by atoms with Gasteiger partial charge in [0.15, 0.2) is 5.82 Å². The van der Waals surface area contributed by atoms with Gasteiger partial charge in [0, 0.05) is 32.6 Å². The van der Waals surface area contributed by atoms with E-state index in [1.54, 1.807) is 16.6 Å². The van der Waals surface area contributed by atoms with E-state index in [2.05, 4.69) is 41.0 Å². The summed E-state index contributed by atoms with van der Waals surface area (Å²) < 4.78 is 1.64. The van der Waals surface area contributed by atoms with Crippen LogP contribution >= 0.6 is 0 Å². The van der Waals surface area contributed by atoms with Gasteiger partial charge < -0.3 is 9.80 Å². The molecule has 2 aromatic heterocycles. The van der Waals surface area contributed by atoms with E-state index in [-0.39, 0.29) is 17.4 Å². The number of likely N-dealkylation sites (N-methyl/N-ethyl adjacent to an activating group) is 1. The fourth-order valence-corrected chi connectivity index (χ4v) is 2.94. The van der Waals surface area contributed by atoms with Gasteiger partial charge in [-0.25, -0.2) is 0 Å². The Hall–Kier alpha value is -2.44. The minimum absolute atomic E-state index is 0.00177. The van der Waals surface area contributed by atoms with Crippen LogP contribution in [0, 0.1) is 6.92 Å². The van der Waals surface area contributed by atoms with E-state index in [0.717, 1.165) is 30.3 Å². The van der Waals surface area contributed by atoms with Gasteiger partial charge >= 0.3 is 0 Å². The van der Waals surface area contributed by atoms with Crippen LogP contribution in [0.5, 0.6) is 0 Å². The molecule has 2 aromatic rings. The monoisotopic (exact) mass is 342 g/mol. The van der Waals surface area contributed by atoms with Crippen molar-refractivity contribution in [2.45, 2.75) is 39.2 Å². The third-order valence-corrected chi connectivity index (χ3v) is 4.69. The van der Waals surface area contributed by atoms with Crippen molar-refractivity contribution in [1.29, 1.82) is 0 Å². The van der Waals surface area contributed by atoms with Crippen LogP contribution in [-0.4, -0.2) is 57.0 Å². The standard InChI is InChI=1S/C18H26N6O/c1-12-9-14(23(6)21-12)17(25)22(5)13-10-24(11-13)16-8-7-15(19-20-16)18(2,3)4/h7-9,13H,10-11H2,1-6H3.